The van der Waals surface area contributed by atoms with Gasteiger partial charge >= 0.3 is 14.1 Å². The predicted molar refractivity (Wildman–Crippen MR) is 86.6 cm³/mol. The molecule has 6 nitrogen and oxygen atoms in total. The zero-order chi connectivity index (χ0) is 16.7. The number of carbonyl (C=O) groups excluding carboxylic acids is 1. The first kappa shape index (κ1) is 17.1. The van der Waals surface area contributed by atoms with Gasteiger partial charge in [0.05, 0.1) is 0 Å². The van der Waals surface area contributed by atoms with Crippen molar-refractivity contribution < 1.29 is 23.7 Å². The third kappa shape index (κ3) is 5.77. The van der Waals surface area contributed by atoms with Gasteiger partial charge in [0.2, 0.25) is 0 Å². The molecule has 1 unspecified atom stereocenters. The first-order chi connectivity index (χ1) is 11.0. The minimum atomic E-state index is -2.66. The number of phenols is 1. The lowest BCUT2D eigenvalue weighted by Gasteiger charge is -2.14. The monoisotopic (exact) mass is 335 g/mol. The zero-order valence-electron chi connectivity index (χ0n) is 12.6. The molecule has 7 heteroatoms. The van der Waals surface area contributed by atoms with Crippen LogP contribution in [0.5, 0.6) is 11.5 Å². The number of phenolic OH excluding ortho intramolecular Hbond substituents is 1. The second-order valence-electron chi connectivity index (χ2n) is 4.84. The highest BCUT2D eigenvalue weighted by molar-refractivity contribution is 7.37. The molecule has 122 valence electrons. The van der Waals surface area contributed by atoms with Crippen molar-refractivity contribution in [2.24, 2.45) is 0 Å². The Morgan fingerprint density at radius 2 is 1.83 bits per heavy atom. The topological polar surface area (TPSA) is 84.9 Å². The average molecular weight is 335 g/mol. The Labute approximate surface area is 135 Å². The summed E-state index contributed by atoms with van der Waals surface area (Å²) in [7, 11) is -2.66. The molecule has 2 rings (SSSR count). The SMILES string of the molecule is C[C@H](N[PH](=O)Oc1ccc(O)cc1)C(=O)OCc1ccccc1. The molecule has 0 aliphatic heterocycles. The lowest BCUT2D eigenvalue weighted by atomic mass is 10.2. The van der Waals surface area contributed by atoms with E-state index in [-0.39, 0.29) is 12.4 Å². The minimum Gasteiger partial charge on any atom is -0.508 e. The molecule has 0 amide bonds. The van der Waals surface area contributed by atoms with E-state index in [9.17, 15) is 9.36 Å². The Bertz CT molecular complexity index is 660. The normalized spacial score (nSPS) is 13.1. The van der Waals surface area contributed by atoms with Gasteiger partial charge in [-0.3, -0.25) is 9.36 Å². The van der Waals surface area contributed by atoms with E-state index >= 15 is 0 Å². The number of ether oxygens (including phenoxy) is 1. The van der Waals surface area contributed by atoms with Crippen molar-refractivity contribution in [1.29, 1.82) is 0 Å². The summed E-state index contributed by atoms with van der Waals surface area (Å²) in [5, 5.41) is 11.7. The van der Waals surface area contributed by atoms with Crippen molar-refractivity contribution in [3.05, 3.63) is 60.2 Å². The Kier molecular flexibility index (Phi) is 6.20. The fourth-order valence-electron chi connectivity index (χ4n) is 1.74. The van der Waals surface area contributed by atoms with Crippen LogP contribution in [0.4, 0.5) is 0 Å². The molecule has 2 aromatic carbocycles. The molecule has 23 heavy (non-hydrogen) atoms. The van der Waals surface area contributed by atoms with Gasteiger partial charge in [-0.25, -0.2) is 5.09 Å². The average Bonchev–Trinajstić information content (AvgIpc) is 2.55. The van der Waals surface area contributed by atoms with Crippen molar-refractivity contribution in [3.63, 3.8) is 0 Å². The molecule has 0 heterocycles. The van der Waals surface area contributed by atoms with E-state index in [0.717, 1.165) is 5.56 Å². The second-order valence-corrected chi connectivity index (χ2v) is 5.91. The third-order valence-electron chi connectivity index (χ3n) is 2.96. The van der Waals surface area contributed by atoms with Gasteiger partial charge in [0, 0.05) is 0 Å². The van der Waals surface area contributed by atoms with Crippen LogP contribution in [-0.2, 0) is 20.7 Å². The van der Waals surface area contributed by atoms with Crippen LogP contribution in [0.2, 0.25) is 0 Å². The summed E-state index contributed by atoms with van der Waals surface area (Å²) in [5.74, 6) is -0.0895. The quantitative estimate of drug-likeness (QED) is 0.598. The molecular formula is C16H18NO5P. The lowest BCUT2D eigenvalue weighted by molar-refractivity contribution is -0.146. The highest BCUT2D eigenvalue weighted by atomic mass is 31.1. The number of nitrogens with one attached hydrogen (secondary N) is 1. The largest absolute Gasteiger partial charge is 0.508 e. The predicted octanol–water partition coefficient (Wildman–Crippen LogP) is 2.88. The standard InChI is InChI=1S/C16H18NO5P/c1-12(16(19)21-11-13-5-3-2-4-6-13)17-23(20)22-15-9-7-14(18)8-10-15/h2-10,12,18,23H,11H2,1H3,(H,17,20)/t12-/m0/s1. The number of carbonyl (C=O) groups is 1. The van der Waals surface area contributed by atoms with Crippen molar-refractivity contribution in [2.75, 3.05) is 0 Å². The second kappa shape index (κ2) is 8.36. The van der Waals surface area contributed by atoms with Gasteiger partial charge in [-0.2, -0.15) is 0 Å². The first-order valence-corrected chi connectivity index (χ1v) is 8.34. The van der Waals surface area contributed by atoms with Crippen LogP contribution in [0.1, 0.15) is 12.5 Å². The van der Waals surface area contributed by atoms with E-state index in [4.69, 9.17) is 14.4 Å². The summed E-state index contributed by atoms with van der Waals surface area (Å²) in [5.41, 5.74) is 0.876. The Balaban J connectivity index is 1.78. The highest BCUT2D eigenvalue weighted by Gasteiger charge is 2.17. The van der Waals surface area contributed by atoms with E-state index in [1.54, 1.807) is 6.92 Å². The fourth-order valence-corrected chi connectivity index (χ4v) is 2.62. The van der Waals surface area contributed by atoms with Crippen LogP contribution in [0, 0.1) is 0 Å². The number of aromatic hydroxyl groups is 1. The van der Waals surface area contributed by atoms with Crippen LogP contribution < -0.4 is 9.61 Å². The van der Waals surface area contributed by atoms with E-state index in [2.05, 4.69) is 5.09 Å². The first-order valence-electron chi connectivity index (χ1n) is 7.02. The van der Waals surface area contributed by atoms with Crippen molar-refractivity contribution >= 4 is 14.1 Å². The Morgan fingerprint density at radius 3 is 2.48 bits per heavy atom. The highest BCUT2D eigenvalue weighted by Crippen LogP contribution is 2.25. The molecule has 0 aliphatic carbocycles. The maximum atomic E-state index is 11.9. The summed E-state index contributed by atoms with van der Waals surface area (Å²) in [6.45, 7) is 1.71. The van der Waals surface area contributed by atoms with Gasteiger partial charge in [0.1, 0.15) is 24.1 Å². The molecular weight excluding hydrogens is 317 g/mol. The van der Waals surface area contributed by atoms with Gasteiger partial charge in [-0.05, 0) is 36.8 Å². The molecule has 0 radical (unpaired) electrons. The van der Waals surface area contributed by atoms with Gasteiger partial charge < -0.3 is 14.4 Å². The van der Waals surface area contributed by atoms with Gasteiger partial charge in [-0.15, -0.1) is 0 Å². The smallest absolute Gasteiger partial charge is 0.323 e. The molecule has 0 aromatic heterocycles. The summed E-state index contributed by atoms with van der Waals surface area (Å²) < 4.78 is 22.2. The summed E-state index contributed by atoms with van der Waals surface area (Å²) in [4.78, 5) is 11.9. The molecule has 0 spiro atoms. The summed E-state index contributed by atoms with van der Waals surface area (Å²) >= 11 is 0. The molecule has 0 fully saturated rings. The van der Waals surface area contributed by atoms with E-state index in [1.165, 1.54) is 24.3 Å². The molecule has 0 bridgehead atoms. The maximum absolute atomic E-state index is 11.9. The van der Waals surface area contributed by atoms with E-state index in [0.29, 0.717) is 5.75 Å². The number of hydrogen-bond donors (Lipinski definition) is 2. The molecule has 0 saturated carbocycles. The van der Waals surface area contributed by atoms with Gasteiger partial charge in [0.25, 0.3) is 0 Å². The van der Waals surface area contributed by atoms with Crippen LogP contribution in [0.25, 0.3) is 0 Å². The number of hydrogen-bond acceptors (Lipinski definition) is 5. The fraction of sp³-hybridized carbons (Fsp3) is 0.188. The van der Waals surface area contributed by atoms with Crippen molar-refractivity contribution in [1.82, 2.24) is 5.09 Å². The Hall–Kier alpha value is -2.30. The zero-order valence-corrected chi connectivity index (χ0v) is 13.6. The van der Waals surface area contributed by atoms with Gasteiger partial charge in [-0.1, -0.05) is 30.3 Å². The van der Waals surface area contributed by atoms with E-state index < -0.39 is 20.2 Å². The van der Waals surface area contributed by atoms with Crippen molar-refractivity contribution in [2.45, 2.75) is 19.6 Å². The molecule has 2 aromatic rings. The van der Waals surface area contributed by atoms with Crippen LogP contribution in [-0.4, -0.2) is 17.1 Å². The molecule has 2 N–H and O–H groups in total. The van der Waals surface area contributed by atoms with E-state index in [1.807, 2.05) is 30.3 Å². The molecule has 0 aliphatic rings. The molecule has 0 saturated heterocycles. The van der Waals surface area contributed by atoms with Crippen LogP contribution in [0.15, 0.2) is 54.6 Å². The maximum Gasteiger partial charge on any atom is 0.323 e. The number of benzene rings is 2. The van der Waals surface area contributed by atoms with Crippen LogP contribution in [0.3, 0.4) is 0 Å². The Morgan fingerprint density at radius 1 is 1.17 bits per heavy atom. The minimum absolute atomic E-state index is 0.0860. The summed E-state index contributed by atoms with van der Waals surface area (Å²) in [6, 6.07) is 14.3. The molecule has 2 atom stereocenters. The number of esters is 1. The van der Waals surface area contributed by atoms with Crippen LogP contribution >= 0.6 is 8.18 Å². The number of rotatable bonds is 7. The lowest BCUT2D eigenvalue weighted by Crippen LogP contribution is -2.31. The van der Waals surface area contributed by atoms with Crippen molar-refractivity contribution in [3.8, 4) is 11.5 Å². The van der Waals surface area contributed by atoms with Gasteiger partial charge in [0.15, 0.2) is 0 Å². The summed E-state index contributed by atoms with van der Waals surface area (Å²) in [6.07, 6.45) is 0. The third-order valence-corrected chi connectivity index (χ3v) is 4.05.